The molecule has 0 unspecified atom stereocenters. The third kappa shape index (κ3) is 4.55. The van der Waals surface area contributed by atoms with Crippen molar-refractivity contribution in [3.63, 3.8) is 0 Å². The van der Waals surface area contributed by atoms with E-state index in [1.54, 1.807) is 19.2 Å². The molecule has 0 atom stereocenters. The maximum atomic E-state index is 13.1. The lowest BCUT2D eigenvalue weighted by atomic mass is 10.2. The molecular formula is C18H22F4N6. The molecule has 3 rings (SSSR count). The number of halogens is 4. The smallest absolute Gasteiger partial charge is 0.368 e. The molecule has 1 N–H and O–H groups in total. The van der Waals surface area contributed by atoms with E-state index in [4.69, 9.17) is 0 Å². The van der Waals surface area contributed by atoms with Crippen LogP contribution in [0.4, 0.5) is 23.2 Å². The number of rotatable bonds is 3. The normalized spacial score (nSPS) is 15.9. The highest BCUT2D eigenvalue weighted by Crippen LogP contribution is 2.30. The molecular weight excluding hydrogens is 376 g/mol. The van der Waals surface area contributed by atoms with Crippen LogP contribution in [0.3, 0.4) is 0 Å². The maximum Gasteiger partial charge on any atom is 0.435 e. The minimum atomic E-state index is -4.50. The van der Waals surface area contributed by atoms with Gasteiger partial charge in [0.05, 0.1) is 0 Å². The summed E-state index contributed by atoms with van der Waals surface area (Å²) >= 11 is 0. The number of anilines is 1. The molecule has 0 amide bonds. The molecule has 1 aliphatic heterocycles. The van der Waals surface area contributed by atoms with Crippen LogP contribution in [0.5, 0.6) is 0 Å². The summed E-state index contributed by atoms with van der Waals surface area (Å²) in [6, 6.07) is 6.32. The predicted octanol–water partition coefficient (Wildman–Crippen LogP) is 2.48. The lowest BCUT2D eigenvalue weighted by Crippen LogP contribution is -2.52. The molecule has 1 aromatic carbocycles. The summed E-state index contributed by atoms with van der Waals surface area (Å²) in [5.41, 5.74) is 0.120. The zero-order valence-electron chi connectivity index (χ0n) is 15.7. The summed E-state index contributed by atoms with van der Waals surface area (Å²) in [6.45, 7) is 2.68. The van der Waals surface area contributed by atoms with Gasteiger partial charge in [-0.3, -0.25) is 9.67 Å². The van der Waals surface area contributed by atoms with E-state index in [9.17, 15) is 17.6 Å². The van der Waals surface area contributed by atoms with Crippen LogP contribution in [-0.4, -0.2) is 53.9 Å². The molecule has 152 valence electrons. The fourth-order valence-electron chi connectivity index (χ4n) is 3.24. The number of hydrogen-bond donors (Lipinski definition) is 1. The topological polar surface area (TPSA) is 48.7 Å². The van der Waals surface area contributed by atoms with Crippen molar-refractivity contribution >= 4 is 11.6 Å². The van der Waals surface area contributed by atoms with E-state index in [-0.39, 0.29) is 17.9 Å². The van der Waals surface area contributed by atoms with Gasteiger partial charge in [0.15, 0.2) is 11.7 Å². The van der Waals surface area contributed by atoms with E-state index in [0.717, 1.165) is 10.4 Å². The molecule has 1 aliphatic rings. The molecule has 6 nitrogen and oxygen atoms in total. The van der Waals surface area contributed by atoms with Crippen LogP contribution in [0.15, 0.2) is 35.5 Å². The van der Waals surface area contributed by atoms with Gasteiger partial charge in [-0.15, -0.1) is 0 Å². The highest BCUT2D eigenvalue weighted by atomic mass is 19.4. The van der Waals surface area contributed by atoms with Gasteiger partial charge >= 0.3 is 6.18 Å². The second-order valence-corrected chi connectivity index (χ2v) is 6.53. The largest absolute Gasteiger partial charge is 0.435 e. The van der Waals surface area contributed by atoms with Gasteiger partial charge in [-0.05, 0) is 24.3 Å². The summed E-state index contributed by atoms with van der Waals surface area (Å²) in [4.78, 5) is 8.31. The molecule has 0 bridgehead atoms. The van der Waals surface area contributed by atoms with E-state index in [2.05, 4.69) is 20.3 Å². The first-order chi connectivity index (χ1) is 13.3. The molecule has 0 spiro atoms. The second-order valence-electron chi connectivity index (χ2n) is 6.53. The van der Waals surface area contributed by atoms with Crippen molar-refractivity contribution in [1.29, 1.82) is 0 Å². The molecule has 28 heavy (non-hydrogen) atoms. The fourth-order valence-corrected chi connectivity index (χ4v) is 3.24. The van der Waals surface area contributed by atoms with Crippen molar-refractivity contribution in [3.8, 4) is 0 Å². The number of aryl methyl sites for hydroxylation is 1. The predicted molar refractivity (Wildman–Crippen MR) is 98.6 cm³/mol. The molecule has 10 heteroatoms. The molecule has 2 heterocycles. The molecule has 1 saturated heterocycles. The average Bonchev–Trinajstić information content (AvgIpc) is 3.05. The number of hydrogen-bond acceptors (Lipinski definition) is 3. The SMILES string of the molecule is CN=C(NCc1cn(C)nc1C(F)(F)F)N1CCN(c2ccc(F)cc2)CC1. The average molecular weight is 398 g/mol. The molecule has 0 saturated carbocycles. The van der Waals surface area contributed by atoms with E-state index < -0.39 is 11.9 Å². The fraction of sp³-hybridized carbons (Fsp3) is 0.444. The lowest BCUT2D eigenvalue weighted by Gasteiger charge is -2.37. The number of guanidine groups is 1. The summed E-state index contributed by atoms with van der Waals surface area (Å²) in [5, 5.41) is 6.51. The lowest BCUT2D eigenvalue weighted by molar-refractivity contribution is -0.142. The van der Waals surface area contributed by atoms with Crippen LogP contribution < -0.4 is 10.2 Å². The highest BCUT2D eigenvalue weighted by Gasteiger charge is 2.36. The van der Waals surface area contributed by atoms with Crippen LogP contribution in [0.25, 0.3) is 0 Å². The Hall–Kier alpha value is -2.78. The van der Waals surface area contributed by atoms with E-state index >= 15 is 0 Å². The van der Waals surface area contributed by atoms with Crippen molar-refractivity contribution in [1.82, 2.24) is 20.0 Å². The number of alkyl halides is 3. The Morgan fingerprint density at radius 2 is 1.79 bits per heavy atom. The maximum absolute atomic E-state index is 13.1. The van der Waals surface area contributed by atoms with Crippen LogP contribution in [0.1, 0.15) is 11.3 Å². The molecule has 1 fully saturated rings. The monoisotopic (exact) mass is 398 g/mol. The van der Waals surface area contributed by atoms with Crippen LogP contribution in [0.2, 0.25) is 0 Å². The Labute approximate surface area is 160 Å². The standard InChI is InChI=1S/C18H22F4N6/c1-23-17(24-11-13-12-26(2)25-16(13)18(20,21)22)28-9-7-27(8-10-28)15-5-3-14(19)4-6-15/h3-6,12H,7-11H2,1-2H3,(H,23,24). The summed E-state index contributed by atoms with van der Waals surface area (Å²) in [6.07, 6.45) is -3.14. The van der Waals surface area contributed by atoms with Gasteiger partial charge in [-0.1, -0.05) is 0 Å². The second kappa shape index (κ2) is 8.07. The zero-order valence-corrected chi connectivity index (χ0v) is 15.7. The van der Waals surface area contributed by atoms with Crippen molar-refractivity contribution in [2.45, 2.75) is 12.7 Å². The zero-order chi connectivity index (χ0) is 20.3. The van der Waals surface area contributed by atoms with Gasteiger partial charge in [-0.2, -0.15) is 18.3 Å². The number of nitrogens with zero attached hydrogens (tertiary/aromatic N) is 5. The van der Waals surface area contributed by atoms with Crippen LogP contribution in [-0.2, 0) is 19.8 Å². The number of aliphatic imine (C=N–C) groups is 1. The van der Waals surface area contributed by atoms with E-state index in [0.29, 0.717) is 32.1 Å². The van der Waals surface area contributed by atoms with Crippen molar-refractivity contribution in [2.75, 3.05) is 38.1 Å². The third-order valence-corrected chi connectivity index (χ3v) is 4.59. The number of aromatic nitrogens is 2. The Balaban J connectivity index is 1.59. The first-order valence-electron chi connectivity index (χ1n) is 8.84. The van der Waals surface area contributed by atoms with E-state index in [1.165, 1.54) is 25.4 Å². The quantitative estimate of drug-likeness (QED) is 0.490. The Bertz CT molecular complexity index is 820. The number of benzene rings is 1. The van der Waals surface area contributed by atoms with Crippen LogP contribution in [0, 0.1) is 5.82 Å². The first kappa shape index (κ1) is 20.0. The van der Waals surface area contributed by atoms with Crippen LogP contribution >= 0.6 is 0 Å². The molecule has 0 radical (unpaired) electrons. The first-order valence-corrected chi connectivity index (χ1v) is 8.84. The summed E-state index contributed by atoms with van der Waals surface area (Å²) < 4.78 is 53.5. The number of piperazine rings is 1. The third-order valence-electron chi connectivity index (χ3n) is 4.59. The Morgan fingerprint density at radius 3 is 2.36 bits per heavy atom. The van der Waals surface area contributed by atoms with Crippen molar-refractivity contribution < 1.29 is 17.6 Å². The van der Waals surface area contributed by atoms with Crippen molar-refractivity contribution in [3.05, 3.63) is 47.5 Å². The van der Waals surface area contributed by atoms with Gasteiger partial charge in [0, 0.05) is 64.3 Å². The van der Waals surface area contributed by atoms with Gasteiger partial charge in [-0.25, -0.2) is 4.39 Å². The molecule has 1 aromatic heterocycles. The van der Waals surface area contributed by atoms with E-state index in [1.807, 2.05) is 4.90 Å². The van der Waals surface area contributed by atoms with Crippen molar-refractivity contribution in [2.24, 2.45) is 12.0 Å². The number of nitrogens with one attached hydrogen (secondary N) is 1. The minimum Gasteiger partial charge on any atom is -0.368 e. The van der Waals surface area contributed by atoms with Gasteiger partial charge < -0.3 is 15.1 Å². The highest BCUT2D eigenvalue weighted by molar-refractivity contribution is 5.80. The summed E-state index contributed by atoms with van der Waals surface area (Å²) in [5.74, 6) is 0.261. The minimum absolute atomic E-state index is 0.0203. The Kier molecular flexibility index (Phi) is 5.76. The Morgan fingerprint density at radius 1 is 1.14 bits per heavy atom. The summed E-state index contributed by atoms with van der Waals surface area (Å²) in [7, 11) is 3.06. The van der Waals surface area contributed by atoms with Gasteiger partial charge in [0.2, 0.25) is 0 Å². The molecule has 2 aromatic rings. The molecule has 0 aliphatic carbocycles. The van der Waals surface area contributed by atoms with Gasteiger partial charge in [0.25, 0.3) is 0 Å². The van der Waals surface area contributed by atoms with Gasteiger partial charge in [0.1, 0.15) is 5.82 Å².